The number of anilines is 2. The molecule has 7 rings (SSSR count). The van der Waals surface area contributed by atoms with Crippen LogP contribution in [-0.2, 0) is 9.59 Å². The average molecular weight is 604 g/mol. The van der Waals surface area contributed by atoms with Gasteiger partial charge < -0.3 is 9.64 Å². The molecule has 8 heteroatoms. The normalized spacial score (nSPS) is 20.4. The van der Waals surface area contributed by atoms with E-state index in [2.05, 4.69) is 34.5 Å². The van der Waals surface area contributed by atoms with E-state index in [1.807, 2.05) is 48.5 Å². The van der Waals surface area contributed by atoms with Crippen LogP contribution in [0, 0.1) is 0 Å². The molecule has 3 heterocycles. The number of barbiturate groups is 1. The molecule has 4 aromatic carbocycles. The van der Waals surface area contributed by atoms with Crippen molar-refractivity contribution in [2.24, 2.45) is 0 Å². The summed E-state index contributed by atoms with van der Waals surface area (Å²) in [5.41, 5.74) is 6.55. The zero-order valence-electron chi connectivity index (χ0n) is 24.1. The second kappa shape index (κ2) is 11.3. The number of rotatable bonds is 5. The number of nitrogens with zero attached hydrogens (tertiary/aromatic N) is 2. The number of hydrogen-bond acceptors (Lipinski definition) is 5. The number of amides is 4. The van der Waals surface area contributed by atoms with Gasteiger partial charge in [-0.3, -0.25) is 14.9 Å². The molecule has 220 valence electrons. The topological polar surface area (TPSA) is 79.0 Å². The van der Waals surface area contributed by atoms with E-state index >= 15 is 0 Å². The predicted octanol–water partition coefficient (Wildman–Crippen LogP) is 6.89. The number of carbonyl (C=O) groups excluding carboxylic acids is 3. The zero-order chi connectivity index (χ0) is 30.4. The van der Waals surface area contributed by atoms with Crippen LogP contribution in [0.15, 0.2) is 96.6 Å². The van der Waals surface area contributed by atoms with Gasteiger partial charge >= 0.3 is 6.03 Å². The third-order valence-corrected chi connectivity index (χ3v) is 9.14. The Hall–Kier alpha value is -4.88. The van der Waals surface area contributed by atoms with Crippen LogP contribution < -0.4 is 19.9 Å². The average Bonchev–Trinajstić information content (AvgIpc) is 3.04. The predicted molar refractivity (Wildman–Crippen MR) is 171 cm³/mol. The molecule has 0 radical (unpaired) electrons. The molecule has 4 amide bonds. The number of halogens is 1. The molecule has 0 aliphatic carbocycles. The monoisotopic (exact) mass is 603 g/mol. The maximum atomic E-state index is 14.0. The maximum absolute atomic E-state index is 14.0. The van der Waals surface area contributed by atoms with E-state index in [1.54, 1.807) is 18.2 Å². The quantitative estimate of drug-likeness (QED) is 0.198. The first kappa shape index (κ1) is 27.9. The molecule has 3 aliphatic heterocycles. The summed E-state index contributed by atoms with van der Waals surface area (Å²) in [5, 5.41) is 2.73. The molecule has 7 nitrogen and oxygen atoms in total. The van der Waals surface area contributed by atoms with E-state index in [9.17, 15) is 14.4 Å². The van der Waals surface area contributed by atoms with Gasteiger partial charge in [-0.05, 0) is 71.0 Å². The second-order valence-electron chi connectivity index (χ2n) is 11.3. The van der Waals surface area contributed by atoms with Crippen molar-refractivity contribution in [1.29, 1.82) is 0 Å². The second-order valence-corrected chi connectivity index (χ2v) is 11.7. The Balaban J connectivity index is 1.38. The number of ether oxygens (including phenoxy) is 1. The summed E-state index contributed by atoms with van der Waals surface area (Å²) in [5.74, 6) is -0.775. The molecule has 0 saturated carbocycles. The number of carbonyl (C=O) groups is 3. The lowest BCUT2D eigenvalue weighted by Crippen LogP contribution is -2.54. The summed E-state index contributed by atoms with van der Waals surface area (Å²) < 4.78 is 5.23. The molecule has 0 unspecified atom stereocenters. The van der Waals surface area contributed by atoms with E-state index in [1.165, 1.54) is 30.0 Å². The Morgan fingerprint density at radius 2 is 1.41 bits per heavy atom. The van der Waals surface area contributed by atoms with Gasteiger partial charge in [0, 0.05) is 30.6 Å². The van der Waals surface area contributed by atoms with Gasteiger partial charge in [-0.1, -0.05) is 78.3 Å². The van der Waals surface area contributed by atoms with Gasteiger partial charge in [0.15, 0.2) is 0 Å². The zero-order valence-corrected chi connectivity index (χ0v) is 24.9. The molecule has 1 N–H and O–H groups in total. The third kappa shape index (κ3) is 4.83. The fourth-order valence-corrected chi connectivity index (χ4v) is 7.07. The highest BCUT2D eigenvalue weighted by Crippen LogP contribution is 2.50. The van der Waals surface area contributed by atoms with Crippen LogP contribution in [-0.4, -0.2) is 38.0 Å². The van der Waals surface area contributed by atoms with Crippen molar-refractivity contribution in [1.82, 2.24) is 5.32 Å². The molecule has 0 aromatic heterocycles. The highest BCUT2D eigenvalue weighted by Gasteiger charge is 2.40. The lowest BCUT2D eigenvalue weighted by Gasteiger charge is -2.44. The highest BCUT2D eigenvalue weighted by molar-refractivity contribution is 6.39. The van der Waals surface area contributed by atoms with Crippen molar-refractivity contribution in [3.8, 4) is 5.75 Å². The highest BCUT2D eigenvalue weighted by atomic mass is 35.5. The van der Waals surface area contributed by atoms with Crippen molar-refractivity contribution >= 4 is 46.9 Å². The van der Waals surface area contributed by atoms with Gasteiger partial charge in [-0.25, -0.2) is 9.69 Å². The summed E-state index contributed by atoms with van der Waals surface area (Å²) >= 11 is 6.31. The molecule has 44 heavy (non-hydrogen) atoms. The first-order valence-electron chi connectivity index (χ1n) is 14.7. The van der Waals surface area contributed by atoms with Crippen LogP contribution in [0.25, 0.3) is 6.08 Å². The minimum atomic E-state index is -0.770. The number of nitrogens with one attached hydrogen (secondary N) is 1. The third-order valence-electron chi connectivity index (χ3n) is 8.85. The Kier molecular flexibility index (Phi) is 7.18. The van der Waals surface area contributed by atoms with Gasteiger partial charge in [0.1, 0.15) is 11.3 Å². The Bertz CT molecular complexity index is 1750. The number of imide groups is 2. The molecule has 4 aromatic rings. The summed E-state index contributed by atoms with van der Waals surface area (Å²) in [6, 6.07) is 28.9. The first-order chi connectivity index (χ1) is 21.4. The van der Waals surface area contributed by atoms with E-state index in [4.69, 9.17) is 16.3 Å². The van der Waals surface area contributed by atoms with Crippen LogP contribution in [0.2, 0.25) is 5.02 Å². The Morgan fingerprint density at radius 1 is 0.818 bits per heavy atom. The van der Waals surface area contributed by atoms with E-state index in [-0.39, 0.29) is 17.4 Å². The summed E-state index contributed by atoms with van der Waals surface area (Å²) in [7, 11) is 1.51. The molecule has 1 saturated heterocycles. The SMILES string of the molecule is COc1ccc(/C=C2\C(=O)NC(=O)N(c3cc4c5c(c3)[C@@H](c3ccccc3)CCN5CC[C@@H]4c3ccccc3)C2=O)cc1Cl. The smallest absolute Gasteiger partial charge is 0.335 e. The fourth-order valence-electron chi connectivity index (χ4n) is 6.80. The van der Waals surface area contributed by atoms with Gasteiger partial charge in [-0.2, -0.15) is 0 Å². The lowest BCUT2D eigenvalue weighted by molar-refractivity contribution is -0.122. The minimum Gasteiger partial charge on any atom is -0.495 e. The first-order valence-corrected chi connectivity index (χ1v) is 15.1. The molecular weight excluding hydrogens is 574 g/mol. The van der Waals surface area contributed by atoms with Gasteiger partial charge in [0.05, 0.1) is 17.8 Å². The van der Waals surface area contributed by atoms with Crippen LogP contribution in [0.3, 0.4) is 0 Å². The van der Waals surface area contributed by atoms with Crippen molar-refractivity contribution < 1.29 is 19.1 Å². The van der Waals surface area contributed by atoms with Crippen molar-refractivity contribution in [3.05, 3.63) is 129 Å². The van der Waals surface area contributed by atoms with E-state index in [0.717, 1.165) is 42.0 Å². The maximum Gasteiger partial charge on any atom is 0.335 e. The molecule has 3 aliphatic rings. The van der Waals surface area contributed by atoms with Gasteiger partial charge in [0.25, 0.3) is 11.8 Å². The van der Waals surface area contributed by atoms with Crippen LogP contribution in [0.5, 0.6) is 5.75 Å². The number of methoxy groups -OCH3 is 1. The van der Waals surface area contributed by atoms with Crippen molar-refractivity contribution in [2.75, 3.05) is 30.0 Å². The minimum absolute atomic E-state index is 0.0942. The molecule has 0 spiro atoms. The largest absolute Gasteiger partial charge is 0.495 e. The van der Waals surface area contributed by atoms with E-state index < -0.39 is 17.8 Å². The van der Waals surface area contributed by atoms with Gasteiger partial charge in [0.2, 0.25) is 0 Å². The van der Waals surface area contributed by atoms with Crippen LogP contribution in [0.4, 0.5) is 16.2 Å². The van der Waals surface area contributed by atoms with Crippen LogP contribution >= 0.6 is 11.6 Å². The number of hydrogen-bond donors (Lipinski definition) is 1. The Labute approximate surface area is 260 Å². The summed E-state index contributed by atoms with van der Waals surface area (Å²) in [6.45, 7) is 1.85. The molecule has 1 fully saturated rings. The van der Waals surface area contributed by atoms with Gasteiger partial charge in [-0.15, -0.1) is 0 Å². The Morgan fingerprint density at radius 3 is 1.95 bits per heavy atom. The number of urea groups is 1. The van der Waals surface area contributed by atoms with Crippen molar-refractivity contribution in [2.45, 2.75) is 24.7 Å². The van der Waals surface area contributed by atoms with Crippen LogP contribution in [0.1, 0.15) is 52.5 Å². The number of benzene rings is 4. The lowest BCUT2D eigenvalue weighted by atomic mass is 9.76. The summed E-state index contributed by atoms with van der Waals surface area (Å²) in [6.07, 6.45) is 3.28. The fraction of sp³-hybridized carbons (Fsp3) is 0.194. The molecule has 2 atom stereocenters. The molecule has 0 bridgehead atoms. The molecular formula is C36H30ClN3O4. The van der Waals surface area contributed by atoms with E-state index in [0.29, 0.717) is 22.0 Å². The van der Waals surface area contributed by atoms with Crippen molar-refractivity contribution in [3.63, 3.8) is 0 Å². The standard InChI is InChI=1S/C36H30ClN3O4/c1-44-32-13-12-22(19-31(32)37)18-30-34(41)38-36(43)40(35(30)42)25-20-28-26(23-8-4-2-5-9-23)14-16-39-17-15-27(29(21-25)33(28)39)24-10-6-3-7-11-24/h2-13,18-21,26-27H,14-17H2,1H3,(H,38,41,43)/b30-18+/t26-,27-/m1/s1. The summed E-state index contributed by atoms with van der Waals surface area (Å²) in [4.78, 5) is 43.9.